The maximum atomic E-state index is 12.5. The molecule has 5 heteroatoms. The van der Waals surface area contributed by atoms with Crippen LogP contribution in [-0.4, -0.2) is 31.1 Å². The van der Waals surface area contributed by atoms with Gasteiger partial charge in [0, 0.05) is 37.9 Å². The van der Waals surface area contributed by atoms with Gasteiger partial charge in [-0.25, -0.2) is 0 Å². The van der Waals surface area contributed by atoms with Gasteiger partial charge in [0.1, 0.15) is 18.1 Å². The van der Waals surface area contributed by atoms with Crippen LogP contribution >= 0.6 is 0 Å². The third-order valence-electron chi connectivity index (χ3n) is 5.30. The molecule has 0 spiro atoms. The zero-order valence-electron chi connectivity index (χ0n) is 16.7. The van der Waals surface area contributed by atoms with Crippen LogP contribution in [-0.2, 0) is 6.54 Å². The zero-order chi connectivity index (χ0) is 20.1. The number of hydrogen-bond acceptors (Lipinski definition) is 5. The standard InChI is InChI=1S/C24H26N2O3/c1-19(20-8-4-2-5-9-20)29-24-18-28-22(16-23(24)27)17-25-12-14-26(15-13-25)21-10-6-3-7-11-21/h2-11,16,18-19H,12-15,17H2,1H3/t19-/m0/s1. The summed E-state index contributed by atoms with van der Waals surface area (Å²) in [5.41, 5.74) is 2.14. The molecular formula is C24H26N2O3. The quantitative estimate of drug-likeness (QED) is 0.634. The van der Waals surface area contributed by atoms with Crippen molar-refractivity contribution >= 4 is 5.69 Å². The van der Waals surface area contributed by atoms with E-state index in [2.05, 4.69) is 34.1 Å². The van der Waals surface area contributed by atoms with Crippen molar-refractivity contribution < 1.29 is 9.15 Å². The van der Waals surface area contributed by atoms with Crippen LogP contribution in [0.3, 0.4) is 0 Å². The van der Waals surface area contributed by atoms with E-state index >= 15 is 0 Å². The van der Waals surface area contributed by atoms with Crippen LogP contribution in [0.5, 0.6) is 5.75 Å². The summed E-state index contributed by atoms with van der Waals surface area (Å²) in [5, 5.41) is 0. The van der Waals surface area contributed by atoms with E-state index in [9.17, 15) is 4.79 Å². The fourth-order valence-corrected chi connectivity index (χ4v) is 3.61. The smallest absolute Gasteiger partial charge is 0.227 e. The molecular weight excluding hydrogens is 364 g/mol. The molecule has 0 radical (unpaired) electrons. The van der Waals surface area contributed by atoms with Gasteiger partial charge >= 0.3 is 0 Å². The van der Waals surface area contributed by atoms with Crippen LogP contribution in [0.15, 0.2) is 82.2 Å². The summed E-state index contributed by atoms with van der Waals surface area (Å²) in [6, 6.07) is 21.8. The summed E-state index contributed by atoms with van der Waals surface area (Å²) in [4.78, 5) is 17.2. The van der Waals surface area contributed by atoms with Gasteiger partial charge in [0.15, 0.2) is 0 Å². The highest BCUT2D eigenvalue weighted by Gasteiger charge is 2.19. The van der Waals surface area contributed by atoms with Gasteiger partial charge in [-0.05, 0) is 24.6 Å². The van der Waals surface area contributed by atoms with Crippen molar-refractivity contribution in [1.82, 2.24) is 4.90 Å². The lowest BCUT2D eigenvalue weighted by atomic mass is 10.1. The van der Waals surface area contributed by atoms with Crippen LogP contribution in [0, 0.1) is 0 Å². The highest BCUT2D eigenvalue weighted by molar-refractivity contribution is 5.46. The molecule has 0 bridgehead atoms. The van der Waals surface area contributed by atoms with Crippen LogP contribution < -0.4 is 15.1 Å². The number of nitrogens with zero attached hydrogens (tertiary/aromatic N) is 2. The van der Waals surface area contributed by atoms with Gasteiger partial charge in [0.05, 0.1) is 6.54 Å². The molecule has 29 heavy (non-hydrogen) atoms. The van der Waals surface area contributed by atoms with Crippen molar-refractivity contribution in [2.24, 2.45) is 0 Å². The number of benzene rings is 2. The zero-order valence-corrected chi connectivity index (χ0v) is 16.7. The molecule has 1 atom stereocenters. The molecule has 0 amide bonds. The Morgan fingerprint density at radius 2 is 1.62 bits per heavy atom. The Labute approximate surface area is 171 Å². The Balaban J connectivity index is 1.33. The highest BCUT2D eigenvalue weighted by atomic mass is 16.5. The second-order valence-corrected chi connectivity index (χ2v) is 7.34. The maximum absolute atomic E-state index is 12.5. The molecule has 1 aromatic heterocycles. The minimum Gasteiger partial charge on any atom is -0.479 e. The first-order valence-electron chi connectivity index (χ1n) is 10.0. The molecule has 0 unspecified atom stereocenters. The summed E-state index contributed by atoms with van der Waals surface area (Å²) in [6.07, 6.45) is 1.23. The van der Waals surface area contributed by atoms with E-state index in [1.807, 2.05) is 43.3 Å². The Kier molecular flexibility index (Phi) is 5.96. The fraction of sp³-hybridized carbons (Fsp3) is 0.292. The van der Waals surface area contributed by atoms with Crippen molar-refractivity contribution in [3.63, 3.8) is 0 Å². The maximum Gasteiger partial charge on any atom is 0.227 e. The molecule has 1 aliphatic heterocycles. The molecule has 5 nitrogen and oxygen atoms in total. The molecule has 1 fully saturated rings. The first-order chi connectivity index (χ1) is 14.2. The Morgan fingerprint density at radius 1 is 0.966 bits per heavy atom. The molecule has 0 saturated carbocycles. The number of para-hydroxylation sites is 1. The Morgan fingerprint density at radius 3 is 2.28 bits per heavy atom. The molecule has 1 aliphatic rings. The molecule has 2 heterocycles. The third kappa shape index (κ3) is 4.87. The SMILES string of the molecule is C[C@H](Oc1coc(CN2CCN(c3ccccc3)CC2)cc1=O)c1ccccc1. The lowest BCUT2D eigenvalue weighted by molar-refractivity contribution is 0.207. The predicted octanol–water partition coefficient (Wildman–Crippen LogP) is 4.10. The lowest BCUT2D eigenvalue weighted by Gasteiger charge is -2.35. The van der Waals surface area contributed by atoms with Crippen molar-refractivity contribution in [1.29, 1.82) is 0 Å². The normalized spacial score (nSPS) is 15.8. The molecule has 3 aromatic rings. The van der Waals surface area contributed by atoms with E-state index in [0.717, 1.165) is 31.7 Å². The Hall–Kier alpha value is -3.05. The van der Waals surface area contributed by atoms with Gasteiger partial charge < -0.3 is 14.1 Å². The minimum atomic E-state index is -0.212. The van der Waals surface area contributed by atoms with Crippen molar-refractivity contribution in [2.45, 2.75) is 19.6 Å². The molecule has 2 aromatic carbocycles. The first-order valence-corrected chi connectivity index (χ1v) is 10.0. The van der Waals surface area contributed by atoms with E-state index in [4.69, 9.17) is 9.15 Å². The van der Waals surface area contributed by atoms with Crippen LogP contribution in [0.2, 0.25) is 0 Å². The largest absolute Gasteiger partial charge is 0.479 e. The van der Waals surface area contributed by atoms with E-state index < -0.39 is 0 Å². The van der Waals surface area contributed by atoms with E-state index in [0.29, 0.717) is 12.3 Å². The monoisotopic (exact) mass is 390 g/mol. The Bertz CT molecular complexity index is 964. The number of rotatable bonds is 6. The van der Waals surface area contributed by atoms with Crippen molar-refractivity contribution in [2.75, 3.05) is 31.1 Å². The molecule has 0 aliphatic carbocycles. The lowest BCUT2D eigenvalue weighted by Crippen LogP contribution is -2.46. The summed E-state index contributed by atoms with van der Waals surface area (Å²) in [6.45, 7) is 6.35. The van der Waals surface area contributed by atoms with Crippen molar-refractivity contribution in [3.8, 4) is 5.75 Å². The van der Waals surface area contributed by atoms with Crippen LogP contribution in [0.25, 0.3) is 0 Å². The first kappa shape index (κ1) is 19.3. The van der Waals surface area contributed by atoms with Gasteiger partial charge in [-0.1, -0.05) is 48.5 Å². The van der Waals surface area contributed by atoms with Gasteiger partial charge in [-0.2, -0.15) is 0 Å². The number of piperazine rings is 1. The van der Waals surface area contributed by atoms with E-state index in [-0.39, 0.29) is 17.3 Å². The third-order valence-corrected chi connectivity index (χ3v) is 5.30. The van der Waals surface area contributed by atoms with Crippen molar-refractivity contribution in [3.05, 3.63) is 94.5 Å². The van der Waals surface area contributed by atoms with Crippen LogP contribution in [0.1, 0.15) is 24.4 Å². The van der Waals surface area contributed by atoms with Crippen LogP contribution in [0.4, 0.5) is 5.69 Å². The molecule has 150 valence electrons. The highest BCUT2D eigenvalue weighted by Crippen LogP contribution is 2.20. The predicted molar refractivity (Wildman–Crippen MR) is 114 cm³/mol. The average Bonchev–Trinajstić information content (AvgIpc) is 2.77. The average molecular weight is 390 g/mol. The summed E-state index contributed by atoms with van der Waals surface area (Å²) in [7, 11) is 0. The molecule has 4 rings (SSSR count). The fourth-order valence-electron chi connectivity index (χ4n) is 3.61. The summed E-state index contributed by atoms with van der Waals surface area (Å²) < 4.78 is 11.5. The number of hydrogen-bond donors (Lipinski definition) is 0. The molecule has 0 N–H and O–H groups in total. The second-order valence-electron chi connectivity index (χ2n) is 7.34. The molecule has 1 saturated heterocycles. The topological polar surface area (TPSA) is 45.9 Å². The number of anilines is 1. The minimum absolute atomic E-state index is 0.142. The van der Waals surface area contributed by atoms with Gasteiger partial charge in [-0.3, -0.25) is 9.69 Å². The second kappa shape index (κ2) is 8.97. The van der Waals surface area contributed by atoms with Gasteiger partial charge in [0.2, 0.25) is 11.2 Å². The van der Waals surface area contributed by atoms with E-state index in [1.165, 1.54) is 12.0 Å². The summed E-state index contributed by atoms with van der Waals surface area (Å²) >= 11 is 0. The van der Waals surface area contributed by atoms with E-state index in [1.54, 1.807) is 6.07 Å². The summed E-state index contributed by atoms with van der Waals surface area (Å²) in [5.74, 6) is 0.918. The number of ether oxygens (including phenoxy) is 1. The van der Waals surface area contributed by atoms with Gasteiger partial charge in [-0.15, -0.1) is 0 Å². The van der Waals surface area contributed by atoms with Gasteiger partial charge in [0.25, 0.3) is 0 Å².